The van der Waals surface area contributed by atoms with Crippen LogP contribution in [-0.4, -0.2) is 39.3 Å². The lowest BCUT2D eigenvalue weighted by molar-refractivity contribution is -0.140. The van der Waals surface area contributed by atoms with Crippen LogP contribution in [0.1, 0.15) is 33.4 Å². The molecule has 2 rings (SSSR count). The van der Waals surface area contributed by atoms with Crippen LogP contribution in [0.2, 0.25) is 0 Å². The zero-order valence-corrected chi connectivity index (χ0v) is 16.4. The Morgan fingerprint density at radius 2 is 1.57 bits per heavy atom. The maximum atomic E-state index is 13.7. The average Bonchev–Trinajstić information content (AvgIpc) is 2.60. The zero-order valence-electron chi connectivity index (χ0n) is 16.4. The van der Waals surface area contributed by atoms with Gasteiger partial charge >= 0.3 is 18.4 Å². The largest absolute Gasteiger partial charge is 0.446 e. The van der Waals surface area contributed by atoms with Gasteiger partial charge in [0.15, 0.2) is 11.5 Å². The Labute approximate surface area is 168 Å². The van der Waals surface area contributed by atoms with E-state index in [1.165, 1.54) is 27.7 Å². The standard InChI is InChI=1S/C18H18F4N4O4/c1-9(2)29-16(27)26(17(28)30-10(3)4)13-8-24-15(25-14(13)18(20,21)22)11-5-12(19)7-23-6-11/h5-10H,1-4H3. The Kier molecular flexibility index (Phi) is 6.90. The van der Waals surface area contributed by atoms with Crippen molar-refractivity contribution in [3.63, 3.8) is 0 Å². The number of anilines is 1. The van der Waals surface area contributed by atoms with Gasteiger partial charge in [-0.3, -0.25) is 4.98 Å². The van der Waals surface area contributed by atoms with Crippen molar-refractivity contribution in [3.05, 3.63) is 36.2 Å². The highest BCUT2D eigenvalue weighted by Gasteiger charge is 2.42. The molecule has 0 fully saturated rings. The molecule has 0 aliphatic heterocycles. The maximum Gasteiger partial charge on any atom is 0.435 e. The lowest BCUT2D eigenvalue weighted by Gasteiger charge is -2.24. The number of halogens is 4. The maximum absolute atomic E-state index is 13.7. The molecule has 2 amide bonds. The van der Waals surface area contributed by atoms with E-state index in [1.807, 2.05) is 0 Å². The smallest absolute Gasteiger partial charge is 0.435 e. The molecule has 12 heteroatoms. The summed E-state index contributed by atoms with van der Waals surface area (Å²) in [5, 5.41) is 0. The van der Waals surface area contributed by atoms with Crippen LogP contribution in [0.3, 0.4) is 0 Å². The Morgan fingerprint density at radius 1 is 1.00 bits per heavy atom. The summed E-state index contributed by atoms with van der Waals surface area (Å²) in [6.07, 6.45) is -6.83. The van der Waals surface area contributed by atoms with Crippen molar-refractivity contribution in [1.82, 2.24) is 15.0 Å². The van der Waals surface area contributed by atoms with Crippen molar-refractivity contribution in [1.29, 1.82) is 0 Å². The van der Waals surface area contributed by atoms with E-state index >= 15 is 0 Å². The van der Waals surface area contributed by atoms with Gasteiger partial charge in [-0.15, -0.1) is 0 Å². The van der Waals surface area contributed by atoms with Gasteiger partial charge in [-0.1, -0.05) is 0 Å². The van der Waals surface area contributed by atoms with Crippen molar-refractivity contribution in [2.75, 3.05) is 4.90 Å². The van der Waals surface area contributed by atoms with Crippen LogP contribution in [-0.2, 0) is 15.7 Å². The second-order valence-electron chi connectivity index (χ2n) is 6.52. The van der Waals surface area contributed by atoms with E-state index in [1.54, 1.807) is 0 Å². The third kappa shape index (κ3) is 5.61. The predicted molar refractivity (Wildman–Crippen MR) is 95.9 cm³/mol. The zero-order chi connectivity index (χ0) is 22.6. The quantitative estimate of drug-likeness (QED) is 0.655. The van der Waals surface area contributed by atoms with Crippen molar-refractivity contribution in [2.45, 2.75) is 46.1 Å². The minimum atomic E-state index is -5.09. The number of hydrogen-bond donors (Lipinski definition) is 0. The number of rotatable bonds is 4. The number of nitrogens with zero attached hydrogens (tertiary/aromatic N) is 4. The number of carbonyl (C=O) groups is 2. The molecule has 2 aromatic rings. The first-order chi connectivity index (χ1) is 13.9. The molecule has 0 atom stereocenters. The van der Waals surface area contributed by atoms with Crippen LogP contribution < -0.4 is 4.90 Å². The van der Waals surface area contributed by atoms with E-state index in [0.717, 1.165) is 18.5 Å². The van der Waals surface area contributed by atoms with Gasteiger partial charge in [-0.2, -0.15) is 18.1 Å². The molecular weight excluding hydrogens is 412 g/mol. The number of alkyl halides is 3. The van der Waals surface area contributed by atoms with E-state index in [2.05, 4.69) is 15.0 Å². The monoisotopic (exact) mass is 430 g/mol. The number of amides is 2. The third-order valence-corrected chi connectivity index (χ3v) is 3.28. The first kappa shape index (κ1) is 23.0. The van der Waals surface area contributed by atoms with E-state index in [0.29, 0.717) is 6.20 Å². The fourth-order valence-electron chi connectivity index (χ4n) is 2.20. The summed E-state index contributed by atoms with van der Waals surface area (Å²) >= 11 is 0. The molecule has 0 spiro atoms. The first-order valence-electron chi connectivity index (χ1n) is 8.66. The lowest BCUT2D eigenvalue weighted by Crippen LogP contribution is -2.41. The van der Waals surface area contributed by atoms with Crippen molar-refractivity contribution < 1.29 is 36.6 Å². The van der Waals surface area contributed by atoms with Crippen LogP contribution in [0.4, 0.5) is 32.8 Å². The van der Waals surface area contributed by atoms with Crippen LogP contribution in [0, 0.1) is 5.82 Å². The highest BCUT2D eigenvalue weighted by Crippen LogP contribution is 2.36. The molecular formula is C18H18F4N4O4. The molecule has 0 bridgehead atoms. The van der Waals surface area contributed by atoms with Gasteiger partial charge in [-0.05, 0) is 33.8 Å². The molecule has 0 saturated heterocycles. The molecule has 8 nitrogen and oxygen atoms in total. The van der Waals surface area contributed by atoms with Crippen molar-refractivity contribution in [3.8, 4) is 11.4 Å². The second-order valence-corrected chi connectivity index (χ2v) is 6.52. The summed E-state index contributed by atoms with van der Waals surface area (Å²) in [5.41, 5.74) is -2.74. The molecule has 162 valence electrons. The van der Waals surface area contributed by atoms with Crippen molar-refractivity contribution >= 4 is 17.9 Å². The Morgan fingerprint density at radius 3 is 2.03 bits per heavy atom. The normalized spacial score (nSPS) is 11.5. The highest BCUT2D eigenvalue weighted by atomic mass is 19.4. The molecule has 0 saturated carbocycles. The topological polar surface area (TPSA) is 94.5 Å². The van der Waals surface area contributed by atoms with Gasteiger partial charge in [-0.25, -0.2) is 23.9 Å². The number of pyridine rings is 1. The van der Waals surface area contributed by atoms with E-state index in [9.17, 15) is 27.2 Å². The van der Waals surface area contributed by atoms with Gasteiger partial charge in [0.1, 0.15) is 11.5 Å². The number of hydrogen-bond acceptors (Lipinski definition) is 7. The third-order valence-electron chi connectivity index (χ3n) is 3.28. The molecule has 0 radical (unpaired) electrons. The summed E-state index contributed by atoms with van der Waals surface area (Å²) in [4.78, 5) is 35.5. The second kappa shape index (κ2) is 9.01. The van der Waals surface area contributed by atoms with Crippen molar-refractivity contribution in [2.24, 2.45) is 0 Å². The molecule has 2 heterocycles. The average molecular weight is 430 g/mol. The number of imide groups is 1. The van der Waals surface area contributed by atoms with Gasteiger partial charge in [0, 0.05) is 11.8 Å². The minimum absolute atomic E-state index is 0.0659. The summed E-state index contributed by atoms with van der Waals surface area (Å²) in [6.45, 7) is 5.80. The summed E-state index contributed by atoms with van der Waals surface area (Å²) < 4.78 is 64.3. The minimum Gasteiger partial charge on any atom is -0.446 e. The molecule has 0 aliphatic rings. The van der Waals surface area contributed by atoms with E-state index in [-0.39, 0.29) is 10.5 Å². The van der Waals surface area contributed by atoms with Crippen LogP contribution in [0.15, 0.2) is 24.7 Å². The number of aromatic nitrogens is 3. The summed E-state index contributed by atoms with van der Waals surface area (Å²) in [5.74, 6) is -1.32. The van der Waals surface area contributed by atoms with Crippen LogP contribution in [0.25, 0.3) is 11.4 Å². The van der Waals surface area contributed by atoms with Crippen LogP contribution in [0.5, 0.6) is 0 Å². The lowest BCUT2D eigenvalue weighted by atomic mass is 10.2. The number of carbonyl (C=O) groups excluding carboxylic acids is 2. The van der Waals surface area contributed by atoms with E-state index in [4.69, 9.17) is 9.47 Å². The molecule has 0 aliphatic carbocycles. The Balaban J connectivity index is 2.64. The van der Waals surface area contributed by atoms with Gasteiger partial charge in [0.05, 0.1) is 24.6 Å². The molecule has 0 aromatic carbocycles. The Hall–Kier alpha value is -3.31. The molecule has 2 aromatic heterocycles. The van der Waals surface area contributed by atoms with Gasteiger partial charge < -0.3 is 9.47 Å². The summed E-state index contributed by atoms with van der Waals surface area (Å²) in [7, 11) is 0. The van der Waals surface area contributed by atoms with Gasteiger partial charge in [0.2, 0.25) is 0 Å². The molecule has 30 heavy (non-hydrogen) atoms. The summed E-state index contributed by atoms with van der Waals surface area (Å²) in [6, 6.07) is 0.889. The fourth-order valence-corrected chi connectivity index (χ4v) is 2.20. The predicted octanol–water partition coefficient (Wildman–Crippen LogP) is 4.59. The SMILES string of the molecule is CC(C)OC(=O)N(C(=O)OC(C)C)c1cnc(-c2cncc(F)c2)nc1C(F)(F)F. The fraction of sp³-hybridized carbons (Fsp3) is 0.389. The van der Waals surface area contributed by atoms with E-state index < -0.39 is 53.6 Å². The van der Waals surface area contributed by atoms with Gasteiger partial charge in [0.25, 0.3) is 0 Å². The number of ether oxygens (including phenoxy) is 2. The Bertz CT molecular complexity index is 913. The highest BCUT2D eigenvalue weighted by molar-refractivity contribution is 6.09. The molecule has 0 N–H and O–H groups in total. The molecule has 0 unspecified atom stereocenters. The first-order valence-corrected chi connectivity index (χ1v) is 8.66. The van der Waals surface area contributed by atoms with Crippen LogP contribution >= 0.6 is 0 Å².